The van der Waals surface area contributed by atoms with Crippen molar-refractivity contribution in [1.29, 1.82) is 0 Å². The van der Waals surface area contributed by atoms with Gasteiger partial charge in [0.15, 0.2) is 11.3 Å². The molecule has 1 N–H and O–H groups in total. The molecule has 0 atom stereocenters. The predicted octanol–water partition coefficient (Wildman–Crippen LogP) is 3.08. The molecule has 28 heavy (non-hydrogen) atoms. The number of oxazole rings is 1. The maximum Gasteiger partial charge on any atom is 0.287 e. The van der Waals surface area contributed by atoms with E-state index in [2.05, 4.69) is 15.2 Å². The molecule has 1 aromatic carbocycles. The molecule has 0 bridgehead atoms. The van der Waals surface area contributed by atoms with Gasteiger partial charge in [0.2, 0.25) is 0 Å². The molecule has 0 saturated carbocycles. The average molecular weight is 401 g/mol. The molecular weight excluding hydrogens is 378 g/mol. The highest BCUT2D eigenvalue weighted by molar-refractivity contribution is 7.98. The van der Waals surface area contributed by atoms with Crippen LogP contribution in [0.15, 0.2) is 44.4 Å². The van der Waals surface area contributed by atoms with Crippen LogP contribution in [0.1, 0.15) is 21.9 Å². The van der Waals surface area contributed by atoms with Crippen LogP contribution in [0.3, 0.4) is 0 Å². The number of carbonyl (C=O) groups excluding carboxylic acids is 1. The number of ether oxygens (including phenoxy) is 1. The van der Waals surface area contributed by atoms with Crippen molar-refractivity contribution in [3.8, 4) is 0 Å². The van der Waals surface area contributed by atoms with E-state index >= 15 is 0 Å². The summed E-state index contributed by atoms with van der Waals surface area (Å²) in [7, 11) is 0. The Bertz CT molecular complexity index is 946. The molecule has 3 aromatic rings. The van der Waals surface area contributed by atoms with Crippen LogP contribution in [0.5, 0.6) is 0 Å². The molecule has 3 heterocycles. The first-order valence-corrected chi connectivity index (χ1v) is 10.3. The highest BCUT2D eigenvalue weighted by Crippen LogP contribution is 2.27. The predicted molar refractivity (Wildman–Crippen MR) is 107 cm³/mol. The topological polar surface area (TPSA) is 80.7 Å². The number of furan rings is 1. The maximum atomic E-state index is 12.2. The van der Waals surface area contributed by atoms with Gasteiger partial charge in [0, 0.05) is 26.2 Å². The van der Waals surface area contributed by atoms with E-state index in [0.29, 0.717) is 29.0 Å². The lowest BCUT2D eigenvalue weighted by Gasteiger charge is -2.26. The molecule has 1 fully saturated rings. The Kier molecular flexibility index (Phi) is 5.99. The van der Waals surface area contributed by atoms with E-state index in [1.807, 2.05) is 31.2 Å². The summed E-state index contributed by atoms with van der Waals surface area (Å²) in [5.74, 6) is 1.39. The molecule has 4 rings (SSSR count). The minimum Gasteiger partial charge on any atom is -0.455 e. The second kappa shape index (κ2) is 8.81. The summed E-state index contributed by atoms with van der Waals surface area (Å²) in [6, 6.07) is 9.44. The lowest BCUT2D eigenvalue weighted by Crippen LogP contribution is -2.41. The van der Waals surface area contributed by atoms with Crippen LogP contribution in [0, 0.1) is 6.92 Å². The SMILES string of the molecule is Cc1ccc2oc(SCc3ccc(C(=O)NCCN4CCOCC4)o3)nc2c1. The first-order valence-electron chi connectivity index (χ1n) is 9.34. The van der Waals surface area contributed by atoms with Crippen LogP contribution < -0.4 is 5.32 Å². The van der Waals surface area contributed by atoms with Crippen molar-refractivity contribution in [2.45, 2.75) is 17.9 Å². The van der Waals surface area contributed by atoms with Crippen LogP contribution in [0.25, 0.3) is 11.1 Å². The van der Waals surface area contributed by atoms with Gasteiger partial charge in [0.25, 0.3) is 11.1 Å². The Hall–Kier alpha value is -2.29. The van der Waals surface area contributed by atoms with Gasteiger partial charge in [-0.15, -0.1) is 0 Å². The summed E-state index contributed by atoms with van der Waals surface area (Å²) in [5, 5.41) is 3.49. The number of nitrogens with zero attached hydrogens (tertiary/aromatic N) is 2. The van der Waals surface area contributed by atoms with Gasteiger partial charge in [-0.2, -0.15) is 0 Å². The summed E-state index contributed by atoms with van der Waals surface area (Å²) in [4.78, 5) is 19.0. The van der Waals surface area contributed by atoms with Gasteiger partial charge in [-0.1, -0.05) is 17.8 Å². The fourth-order valence-corrected chi connectivity index (χ4v) is 3.76. The molecule has 1 amide bonds. The van der Waals surface area contributed by atoms with Gasteiger partial charge in [0.05, 0.1) is 19.0 Å². The first kappa shape index (κ1) is 19.0. The van der Waals surface area contributed by atoms with E-state index in [1.54, 1.807) is 6.07 Å². The molecule has 7 nitrogen and oxygen atoms in total. The summed E-state index contributed by atoms with van der Waals surface area (Å²) in [6.07, 6.45) is 0. The van der Waals surface area contributed by atoms with Gasteiger partial charge in [-0.05, 0) is 36.8 Å². The Morgan fingerprint density at radius 2 is 2.07 bits per heavy atom. The second-order valence-corrected chi connectivity index (χ2v) is 7.64. The molecule has 1 aliphatic heterocycles. The van der Waals surface area contributed by atoms with Crippen LogP contribution in [0.4, 0.5) is 0 Å². The number of morpholine rings is 1. The number of aryl methyl sites for hydroxylation is 1. The lowest BCUT2D eigenvalue weighted by atomic mass is 10.2. The van der Waals surface area contributed by atoms with Crippen LogP contribution >= 0.6 is 11.8 Å². The van der Waals surface area contributed by atoms with Crippen LogP contribution in [-0.4, -0.2) is 55.2 Å². The van der Waals surface area contributed by atoms with Crippen molar-refractivity contribution in [1.82, 2.24) is 15.2 Å². The van der Waals surface area contributed by atoms with Crippen molar-refractivity contribution < 1.29 is 18.4 Å². The van der Waals surface area contributed by atoms with E-state index in [9.17, 15) is 4.79 Å². The molecule has 0 spiro atoms. The Balaban J connectivity index is 1.26. The second-order valence-electron chi connectivity index (χ2n) is 6.72. The average Bonchev–Trinajstić information content (AvgIpc) is 3.33. The number of rotatable bonds is 7. The van der Waals surface area contributed by atoms with Crippen molar-refractivity contribution in [2.24, 2.45) is 0 Å². The minimum absolute atomic E-state index is 0.193. The number of thioether (sulfide) groups is 1. The minimum atomic E-state index is -0.193. The van der Waals surface area contributed by atoms with Crippen molar-refractivity contribution in [3.05, 3.63) is 47.4 Å². The monoisotopic (exact) mass is 401 g/mol. The number of fused-ring (bicyclic) bond motifs is 1. The number of hydrogen-bond acceptors (Lipinski definition) is 7. The third kappa shape index (κ3) is 4.76. The Morgan fingerprint density at radius 3 is 2.93 bits per heavy atom. The molecule has 1 saturated heterocycles. The van der Waals surface area contributed by atoms with Gasteiger partial charge in [0.1, 0.15) is 11.3 Å². The molecule has 0 aliphatic carbocycles. The van der Waals surface area contributed by atoms with Crippen molar-refractivity contribution in [2.75, 3.05) is 39.4 Å². The van der Waals surface area contributed by atoms with E-state index in [0.717, 1.165) is 49.5 Å². The van der Waals surface area contributed by atoms with E-state index < -0.39 is 0 Å². The summed E-state index contributed by atoms with van der Waals surface area (Å²) < 4.78 is 16.7. The third-order valence-corrected chi connectivity index (χ3v) is 5.41. The highest BCUT2D eigenvalue weighted by atomic mass is 32.2. The van der Waals surface area contributed by atoms with Crippen LogP contribution in [0.2, 0.25) is 0 Å². The number of hydrogen-bond donors (Lipinski definition) is 1. The Labute approximate surface area is 167 Å². The zero-order valence-electron chi connectivity index (χ0n) is 15.8. The number of carbonyl (C=O) groups is 1. The highest BCUT2D eigenvalue weighted by Gasteiger charge is 2.14. The number of aromatic nitrogens is 1. The number of nitrogens with one attached hydrogen (secondary N) is 1. The van der Waals surface area contributed by atoms with E-state index in [4.69, 9.17) is 13.6 Å². The maximum absolute atomic E-state index is 12.2. The summed E-state index contributed by atoms with van der Waals surface area (Å²) >= 11 is 1.45. The summed E-state index contributed by atoms with van der Waals surface area (Å²) in [5.41, 5.74) is 2.77. The van der Waals surface area contributed by atoms with E-state index in [1.165, 1.54) is 11.8 Å². The molecule has 0 radical (unpaired) electrons. The van der Waals surface area contributed by atoms with Crippen molar-refractivity contribution in [3.63, 3.8) is 0 Å². The quantitative estimate of drug-likeness (QED) is 0.609. The molecule has 1 aliphatic rings. The Morgan fingerprint density at radius 1 is 1.21 bits per heavy atom. The first-order chi connectivity index (χ1) is 13.7. The van der Waals surface area contributed by atoms with Gasteiger partial charge >= 0.3 is 0 Å². The third-order valence-electron chi connectivity index (χ3n) is 4.56. The van der Waals surface area contributed by atoms with E-state index in [-0.39, 0.29) is 5.91 Å². The normalized spacial score (nSPS) is 15.2. The largest absolute Gasteiger partial charge is 0.455 e. The molecular formula is C20H23N3O4S. The zero-order valence-corrected chi connectivity index (χ0v) is 16.6. The molecule has 148 valence electrons. The smallest absolute Gasteiger partial charge is 0.287 e. The lowest BCUT2D eigenvalue weighted by molar-refractivity contribution is 0.0382. The number of amides is 1. The fourth-order valence-electron chi connectivity index (χ4n) is 3.03. The number of benzene rings is 1. The van der Waals surface area contributed by atoms with Crippen molar-refractivity contribution >= 4 is 28.8 Å². The standard InChI is InChI=1S/C20H23N3O4S/c1-14-2-4-17-16(12-14)22-20(27-17)28-13-15-3-5-18(26-15)19(24)21-6-7-23-8-10-25-11-9-23/h2-5,12H,6-11,13H2,1H3,(H,21,24). The summed E-state index contributed by atoms with van der Waals surface area (Å²) in [6.45, 7) is 6.76. The van der Waals surface area contributed by atoms with Gasteiger partial charge in [-0.3, -0.25) is 9.69 Å². The fraction of sp³-hybridized carbons (Fsp3) is 0.400. The van der Waals surface area contributed by atoms with Crippen LogP contribution in [-0.2, 0) is 10.5 Å². The molecule has 2 aromatic heterocycles. The van der Waals surface area contributed by atoms with Gasteiger partial charge < -0.3 is 18.9 Å². The van der Waals surface area contributed by atoms with Gasteiger partial charge in [-0.25, -0.2) is 4.98 Å². The molecule has 8 heteroatoms. The zero-order chi connectivity index (χ0) is 19.3. The molecule has 0 unspecified atom stereocenters.